The lowest BCUT2D eigenvalue weighted by Gasteiger charge is -2.05. The van der Waals surface area contributed by atoms with E-state index in [0.717, 1.165) is 22.3 Å². The Labute approximate surface area is 128 Å². The largest absolute Gasteiger partial charge is 0.191 e. The maximum atomic E-state index is 6.15. The lowest BCUT2D eigenvalue weighted by atomic mass is 10.2. The summed E-state index contributed by atoms with van der Waals surface area (Å²) < 4.78 is 2.88. The van der Waals surface area contributed by atoms with Crippen LogP contribution in [0.25, 0.3) is 17.0 Å². The van der Waals surface area contributed by atoms with Gasteiger partial charge >= 0.3 is 0 Å². The maximum absolute atomic E-state index is 6.15. The zero-order chi connectivity index (χ0) is 13.6. The van der Waals surface area contributed by atoms with E-state index in [9.17, 15) is 0 Å². The van der Waals surface area contributed by atoms with Crippen LogP contribution >= 0.6 is 34.2 Å². The van der Waals surface area contributed by atoms with Crippen molar-refractivity contribution in [3.05, 3.63) is 44.1 Å². The normalized spacial score (nSPS) is 11.2. The summed E-state index contributed by atoms with van der Waals surface area (Å²) in [5.74, 6) is 0.705. The summed E-state index contributed by atoms with van der Waals surface area (Å²) in [7, 11) is 0. The van der Waals surface area contributed by atoms with E-state index in [0.29, 0.717) is 11.0 Å². The van der Waals surface area contributed by atoms with Crippen LogP contribution < -0.4 is 0 Å². The molecule has 0 atom stereocenters. The van der Waals surface area contributed by atoms with Crippen LogP contribution in [-0.4, -0.2) is 19.8 Å². The Morgan fingerprint density at radius 1 is 1.05 bits per heavy atom. The van der Waals surface area contributed by atoms with Gasteiger partial charge in [-0.3, -0.25) is 0 Å². The van der Waals surface area contributed by atoms with Crippen LogP contribution in [0.2, 0.25) is 5.15 Å². The molecule has 6 heteroatoms. The minimum Gasteiger partial charge on any atom is -0.191 e. The smallest absolute Gasteiger partial charge is 0.185 e. The first kappa shape index (κ1) is 12.8. The highest BCUT2D eigenvalue weighted by atomic mass is 127. The van der Waals surface area contributed by atoms with Gasteiger partial charge in [-0.05, 0) is 54.1 Å². The summed E-state index contributed by atoms with van der Waals surface area (Å²) in [6.45, 7) is 3.91. The highest BCUT2D eigenvalue weighted by Gasteiger charge is 2.14. The molecule has 0 saturated carbocycles. The van der Waals surface area contributed by atoms with Crippen molar-refractivity contribution in [2.75, 3.05) is 0 Å². The zero-order valence-electron chi connectivity index (χ0n) is 10.4. The number of benzene rings is 1. The van der Waals surface area contributed by atoms with Crippen molar-refractivity contribution in [1.82, 2.24) is 19.8 Å². The fourth-order valence-electron chi connectivity index (χ4n) is 1.87. The van der Waals surface area contributed by atoms with Crippen molar-refractivity contribution >= 4 is 39.8 Å². The number of aromatic nitrogens is 4. The second-order valence-electron chi connectivity index (χ2n) is 4.31. The first-order valence-electron chi connectivity index (χ1n) is 5.72. The SMILES string of the molecule is Cc1c(Cl)nn2c(-c3ccc(I)cc3)nnc2c1C. The van der Waals surface area contributed by atoms with E-state index >= 15 is 0 Å². The van der Waals surface area contributed by atoms with E-state index in [4.69, 9.17) is 11.6 Å². The van der Waals surface area contributed by atoms with Gasteiger partial charge in [0.15, 0.2) is 16.6 Å². The Balaban J connectivity index is 2.29. The van der Waals surface area contributed by atoms with Gasteiger partial charge in [-0.25, -0.2) is 0 Å². The third-order valence-electron chi connectivity index (χ3n) is 3.14. The lowest BCUT2D eigenvalue weighted by Crippen LogP contribution is -2.00. The molecule has 0 fully saturated rings. The van der Waals surface area contributed by atoms with Gasteiger partial charge in [0.05, 0.1) is 0 Å². The summed E-state index contributed by atoms with van der Waals surface area (Å²) in [5, 5.41) is 13.3. The van der Waals surface area contributed by atoms with Crippen LogP contribution in [0.1, 0.15) is 11.1 Å². The highest BCUT2D eigenvalue weighted by Crippen LogP contribution is 2.24. The van der Waals surface area contributed by atoms with Crippen molar-refractivity contribution in [2.45, 2.75) is 13.8 Å². The monoisotopic (exact) mass is 384 g/mol. The summed E-state index contributed by atoms with van der Waals surface area (Å²) in [5.41, 5.74) is 3.66. The second-order valence-corrected chi connectivity index (χ2v) is 5.91. The molecule has 0 spiro atoms. The molecule has 0 N–H and O–H groups in total. The number of nitrogens with zero attached hydrogens (tertiary/aromatic N) is 4. The molecule has 0 aliphatic carbocycles. The molecule has 3 rings (SSSR count). The molecule has 0 radical (unpaired) electrons. The van der Waals surface area contributed by atoms with Gasteiger partial charge < -0.3 is 0 Å². The Hall–Kier alpha value is -1.21. The minimum atomic E-state index is 0.483. The van der Waals surface area contributed by atoms with E-state index in [1.165, 1.54) is 3.57 Å². The van der Waals surface area contributed by atoms with Crippen LogP contribution in [0.4, 0.5) is 0 Å². The minimum absolute atomic E-state index is 0.483. The molecule has 19 heavy (non-hydrogen) atoms. The Bertz CT molecular complexity index is 764. The van der Waals surface area contributed by atoms with Crippen molar-refractivity contribution < 1.29 is 0 Å². The third kappa shape index (κ3) is 2.10. The van der Waals surface area contributed by atoms with Gasteiger partial charge in [0.2, 0.25) is 0 Å². The van der Waals surface area contributed by atoms with E-state index in [1.54, 1.807) is 4.52 Å². The molecule has 3 aromatic rings. The van der Waals surface area contributed by atoms with Crippen molar-refractivity contribution in [2.24, 2.45) is 0 Å². The Kier molecular flexibility index (Phi) is 3.18. The molecule has 0 bridgehead atoms. The molecule has 96 valence electrons. The van der Waals surface area contributed by atoms with Crippen LogP contribution in [0.5, 0.6) is 0 Å². The predicted molar refractivity (Wildman–Crippen MR) is 83.4 cm³/mol. The summed E-state index contributed by atoms with van der Waals surface area (Å²) >= 11 is 8.41. The third-order valence-corrected chi connectivity index (χ3v) is 4.22. The quantitative estimate of drug-likeness (QED) is 0.601. The molecule has 0 unspecified atom stereocenters. The average Bonchev–Trinajstić information content (AvgIpc) is 2.81. The summed E-state index contributed by atoms with van der Waals surface area (Å²) in [6, 6.07) is 8.06. The van der Waals surface area contributed by atoms with Crippen LogP contribution in [0, 0.1) is 17.4 Å². The molecule has 4 nitrogen and oxygen atoms in total. The van der Waals surface area contributed by atoms with Gasteiger partial charge in [-0.1, -0.05) is 23.7 Å². The number of halogens is 2. The molecular formula is C13H10ClIN4. The zero-order valence-corrected chi connectivity index (χ0v) is 13.3. The van der Waals surface area contributed by atoms with E-state index < -0.39 is 0 Å². The summed E-state index contributed by atoms with van der Waals surface area (Å²) in [6.07, 6.45) is 0. The van der Waals surface area contributed by atoms with Crippen LogP contribution in [0.15, 0.2) is 24.3 Å². The number of hydrogen-bond acceptors (Lipinski definition) is 3. The Morgan fingerprint density at radius 2 is 1.74 bits per heavy atom. The molecule has 0 saturated heterocycles. The van der Waals surface area contributed by atoms with Gasteiger partial charge in [-0.2, -0.15) is 9.61 Å². The van der Waals surface area contributed by atoms with Crippen molar-refractivity contribution in [1.29, 1.82) is 0 Å². The topological polar surface area (TPSA) is 43.1 Å². The van der Waals surface area contributed by atoms with Crippen LogP contribution in [0.3, 0.4) is 0 Å². The fourth-order valence-corrected chi connectivity index (χ4v) is 2.45. The first-order valence-corrected chi connectivity index (χ1v) is 7.17. The standard InChI is InChI=1S/C13H10ClIN4/c1-7-8(2)12-16-17-13(19(12)18-11(7)14)9-3-5-10(15)6-4-9/h3-6H,1-2H3. The van der Waals surface area contributed by atoms with E-state index in [2.05, 4.69) is 37.9 Å². The van der Waals surface area contributed by atoms with Gasteiger partial charge in [0.25, 0.3) is 0 Å². The molecule has 0 amide bonds. The number of rotatable bonds is 1. The lowest BCUT2D eigenvalue weighted by molar-refractivity contribution is 0.919. The summed E-state index contributed by atoms with van der Waals surface area (Å²) in [4.78, 5) is 0. The average molecular weight is 385 g/mol. The fraction of sp³-hybridized carbons (Fsp3) is 0.154. The highest BCUT2D eigenvalue weighted by molar-refractivity contribution is 14.1. The predicted octanol–water partition coefficient (Wildman–Crippen LogP) is 3.67. The first-order chi connectivity index (χ1) is 9.08. The van der Waals surface area contributed by atoms with E-state index in [1.807, 2.05) is 38.1 Å². The molecule has 2 heterocycles. The second kappa shape index (κ2) is 4.72. The number of fused-ring (bicyclic) bond motifs is 1. The van der Waals surface area contributed by atoms with Crippen molar-refractivity contribution in [3.63, 3.8) is 0 Å². The van der Waals surface area contributed by atoms with Gasteiger partial charge in [0.1, 0.15) is 0 Å². The molecule has 0 aliphatic heterocycles. The molecule has 0 aliphatic rings. The molecule has 1 aromatic carbocycles. The molecule has 2 aromatic heterocycles. The number of hydrogen-bond donors (Lipinski definition) is 0. The number of aryl methyl sites for hydroxylation is 1. The van der Waals surface area contributed by atoms with Gasteiger partial charge in [-0.15, -0.1) is 10.2 Å². The van der Waals surface area contributed by atoms with Crippen molar-refractivity contribution in [3.8, 4) is 11.4 Å². The molecular weight excluding hydrogens is 375 g/mol. The maximum Gasteiger partial charge on any atom is 0.185 e. The Morgan fingerprint density at radius 3 is 2.42 bits per heavy atom. The van der Waals surface area contributed by atoms with Crippen LogP contribution in [-0.2, 0) is 0 Å². The van der Waals surface area contributed by atoms with Gasteiger partial charge in [0, 0.05) is 14.7 Å². The van der Waals surface area contributed by atoms with E-state index in [-0.39, 0.29) is 0 Å².